The highest BCUT2D eigenvalue weighted by Crippen LogP contribution is 2.37. The average Bonchev–Trinajstić information content (AvgIpc) is 3.37. The van der Waals surface area contributed by atoms with E-state index in [1.165, 1.54) is 11.3 Å². The third-order valence-electron chi connectivity index (χ3n) is 5.93. The molecule has 2 amide bonds. The fourth-order valence-electron chi connectivity index (χ4n) is 4.46. The van der Waals surface area contributed by atoms with E-state index < -0.39 is 6.10 Å². The van der Waals surface area contributed by atoms with Gasteiger partial charge in [-0.15, -0.1) is 11.3 Å². The fourth-order valence-corrected chi connectivity index (χ4v) is 5.56. The predicted octanol–water partition coefficient (Wildman–Crippen LogP) is 4.14. The van der Waals surface area contributed by atoms with Gasteiger partial charge in [-0.3, -0.25) is 9.59 Å². The Kier molecular flexibility index (Phi) is 5.64. The summed E-state index contributed by atoms with van der Waals surface area (Å²) in [4.78, 5) is 34.2. The van der Waals surface area contributed by atoms with Crippen LogP contribution in [-0.4, -0.2) is 52.0 Å². The summed E-state index contributed by atoms with van der Waals surface area (Å²) >= 11 is 1.37. The van der Waals surface area contributed by atoms with Crippen molar-refractivity contribution in [3.63, 3.8) is 0 Å². The van der Waals surface area contributed by atoms with Crippen LogP contribution in [0.3, 0.4) is 0 Å². The van der Waals surface area contributed by atoms with Crippen molar-refractivity contribution in [3.05, 3.63) is 64.8 Å². The van der Waals surface area contributed by atoms with Crippen molar-refractivity contribution >= 4 is 44.3 Å². The van der Waals surface area contributed by atoms with E-state index in [1.807, 2.05) is 73.0 Å². The summed E-state index contributed by atoms with van der Waals surface area (Å²) in [6, 6.07) is 11.8. The van der Waals surface area contributed by atoms with E-state index in [2.05, 4.69) is 10.3 Å². The van der Waals surface area contributed by atoms with Crippen molar-refractivity contribution in [2.24, 2.45) is 7.05 Å². The number of aryl methyl sites for hydroxylation is 1. The molecule has 3 aromatic heterocycles. The van der Waals surface area contributed by atoms with Crippen molar-refractivity contribution in [1.82, 2.24) is 19.8 Å². The van der Waals surface area contributed by atoms with Gasteiger partial charge in [0.1, 0.15) is 15.8 Å². The summed E-state index contributed by atoms with van der Waals surface area (Å²) in [5, 5.41) is 4.83. The first kappa shape index (κ1) is 21.6. The number of aromatic nitrogens is 2. The molecule has 1 aliphatic rings. The molecule has 0 unspecified atom stereocenters. The second-order valence-electron chi connectivity index (χ2n) is 8.61. The molecule has 7 nitrogen and oxygen atoms in total. The molecule has 1 saturated heterocycles. The number of carbonyl (C=O) groups excluding carboxylic acids is 2. The van der Waals surface area contributed by atoms with Crippen LogP contribution in [0.2, 0.25) is 0 Å². The largest absolute Gasteiger partial charge is 0.370 e. The number of para-hydroxylation sites is 1. The highest BCUT2D eigenvalue weighted by Gasteiger charge is 2.33. The third-order valence-corrected chi connectivity index (χ3v) is 7.06. The zero-order chi connectivity index (χ0) is 23.1. The molecule has 0 bridgehead atoms. The summed E-state index contributed by atoms with van der Waals surface area (Å²) in [5.41, 5.74) is 2.52. The highest BCUT2D eigenvalue weighted by molar-refractivity contribution is 7.20. The van der Waals surface area contributed by atoms with Crippen LogP contribution in [0.4, 0.5) is 0 Å². The van der Waals surface area contributed by atoms with Gasteiger partial charge in [0.25, 0.3) is 11.8 Å². The molecular formula is C25H26N4O3S. The van der Waals surface area contributed by atoms with E-state index in [4.69, 9.17) is 4.74 Å². The summed E-state index contributed by atoms with van der Waals surface area (Å²) in [7, 11) is 1.95. The number of amides is 2. The number of thiophene rings is 1. The van der Waals surface area contributed by atoms with Gasteiger partial charge in [0.05, 0.1) is 18.7 Å². The highest BCUT2D eigenvalue weighted by atomic mass is 32.1. The monoisotopic (exact) mass is 462 g/mol. The number of hydrogen-bond acceptors (Lipinski definition) is 5. The molecule has 0 aliphatic carbocycles. The Hall–Kier alpha value is -3.23. The van der Waals surface area contributed by atoms with Gasteiger partial charge in [0, 0.05) is 53.9 Å². The summed E-state index contributed by atoms with van der Waals surface area (Å²) < 4.78 is 8.11. The van der Waals surface area contributed by atoms with Crippen LogP contribution in [0.25, 0.3) is 21.1 Å². The van der Waals surface area contributed by atoms with Crippen LogP contribution < -0.4 is 5.32 Å². The Labute approximate surface area is 196 Å². The smallest absolute Gasteiger partial charge is 0.262 e. The van der Waals surface area contributed by atoms with Gasteiger partial charge in [-0.1, -0.05) is 24.3 Å². The van der Waals surface area contributed by atoms with Crippen molar-refractivity contribution in [2.75, 3.05) is 19.7 Å². The Morgan fingerprint density at radius 2 is 1.97 bits per heavy atom. The van der Waals surface area contributed by atoms with E-state index >= 15 is 0 Å². The van der Waals surface area contributed by atoms with Crippen LogP contribution in [0.15, 0.2) is 48.8 Å². The second-order valence-corrected chi connectivity index (χ2v) is 9.61. The van der Waals surface area contributed by atoms with Crippen LogP contribution in [-0.2, 0) is 11.8 Å². The Bertz CT molecular complexity index is 1360. The molecular weight excluding hydrogens is 436 g/mol. The minimum atomic E-state index is -0.400. The molecule has 0 saturated carbocycles. The number of fused-ring (bicyclic) bond motifs is 2. The van der Waals surface area contributed by atoms with E-state index in [0.717, 1.165) is 26.7 Å². The SMILES string of the molecule is CC(C)NC(=O)c1sc2ncccc2c1[C@@H]1CN(C(=O)c2cn(C)c3ccccc23)CCO1. The first-order valence-corrected chi connectivity index (χ1v) is 11.9. The molecule has 0 radical (unpaired) electrons. The lowest BCUT2D eigenvalue weighted by Crippen LogP contribution is -2.42. The molecule has 1 aliphatic heterocycles. The molecule has 8 heteroatoms. The van der Waals surface area contributed by atoms with E-state index in [1.54, 1.807) is 6.20 Å². The van der Waals surface area contributed by atoms with E-state index in [-0.39, 0.29) is 17.9 Å². The second kappa shape index (κ2) is 8.61. The summed E-state index contributed by atoms with van der Waals surface area (Å²) in [6.45, 7) is 5.16. The number of carbonyl (C=O) groups is 2. The van der Waals surface area contributed by atoms with Crippen molar-refractivity contribution < 1.29 is 14.3 Å². The number of nitrogens with one attached hydrogen (secondary N) is 1. The molecule has 170 valence electrons. The summed E-state index contributed by atoms with van der Waals surface area (Å²) in [5.74, 6) is -0.157. The van der Waals surface area contributed by atoms with Gasteiger partial charge in [-0.25, -0.2) is 4.98 Å². The molecule has 33 heavy (non-hydrogen) atoms. The summed E-state index contributed by atoms with van der Waals surface area (Å²) in [6.07, 6.45) is 3.22. The lowest BCUT2D eigenvalue weighted by molar-refractivity contribution is -0.0222. The van der Waals surface area contributed by atoms with Gasteiger partial charge in [0.2, 0.25) is 0 Å². The molecule has 1 fully saturated rings. The maximum absolute atomic E-state index is 13.5. The number of ether oxygens (including phenoxy) is 1. The van der Waals surface area contributed by atoms with Crippen molar-refractivity contribution in [3.8, 4) is 0 Å². The van der Waals surface area contributed by atoms with Gasteiger partial charge < -0.3 is 19.5 Å². The first-order valence-electron chi connectivity index (χ1n) is 11.1. The number of benzene rings is 1. The van der Waals surface area contributed by atoms with E-state index in [9.17, 15) is 9.59 Å². The minimum Gasteiger partial charge on any atom is -0.370 e. The molecule has 1 N–H and O–H groups in total. The first-order chi connectivity index (χ1) is 15.9. The molecule has 1 aromatic carbocycles. The van der Waals surface area contributed by atoms with Gasteiger partial charge >= 0.3 is 0 Å². The zero-order valence-electron chi connectivity index (χ0n) is 18.9. The Balaban J connectivity index is 1.50. The topological polar surface area (TPSA) is 76.5 Å². The normalized spacial score (nSPS) is 16.6. The van der Waals surface area contributed by atoms with Crippen molar-refractivity contribution in [2.45, 2.75) is 26.0 Å². The van der Waals surface area contributed by atoms with Crippen LogP contribution in [0.5, 0.6) is 0 Å². The molecule has 1 atom stereocenters. The Morgan fingerprint density at radius 1 is 1.18 bits per heavy atom. The average molecular weight is 463 g/mol. The third kappa shape index (κ3) is 3.89. The number of morpholine rings is 1. The van der Waals surface area contributed by atoms with Crippen LogP contribution in [0, 0.1) is 0 Å². The standard InChI is InChI=1S/C25H26N4O3S/c1-15(2)27-23(30)22-21(17-8-6-10-26-24(17)33-22)20-14-29(11-12-32-20)25(31)18-13-28(3)19-9-5-4-7-16(18)19/h4-10,13,15,20H,11-12,14H2,1-3H3,(H,27,30)/t20-/m0/s1. The fraction of sp³-hybridized carbons (Fsp3) is 0.320. The lowest BCUT2D eigenvalue weighted by atomic mass is 10.0. The zero-order valence-corrected chi connectivity index (χ0v) is 19.7. The predicted molar refractivity (Wildman–Crippen MR) is 130 cm³/mol. The van der Waals surface area contributed by atoms with Gasteiger partial charge in [-0.2, -0.15) is 0 Å². The maximum Gasteiger partial charge on any atom is 0.262 e. The quantitative estimate of drug-likeness (QED) is 0.495. The van der Waals surface area contributed by atoms with Crippen LogP contribution in [0.1, 0.15) is 45.5 Å². The number of pyridine rings is 1. The number of hydrogen-bond donors (Lipinski definition) is 1. The van der Waals surface area contributed by atoms with Crippen LogP contribution >= 0.6 is 11.3 Å². The minimum absolute atomic E-state index is 0.0141. The number of nitrogens with zero attached hydrogens (tertiary/aromatic N) is 3. The molecule has 4 heterocycles. The van der Waals surface area contributed by atoms with Gasteiger partial charge in [0.15, 0.2) is 0 Å². The van der Waals surface area contributed by atoms with Crippen molar-refractivity contribution in [1.29, 1.82) is 0 Å². The molecule has 0 spiro atoms. The van der Waals surface area contributed by atoms with Gasteiger partial charge in [-0.05, 0) is 26.0 Å². The van der Waals surface area contributed by atoms with E-state index in [0.29, 0.717) is 30.1 Å². The molecule has 5 rings (SSSR count). The number of rotatable bonds is 4. The maximum atomic E-state index is 13.5. The molecule has 4 aromatic rings. The lowest BCUT2D eigenvalue weighted by Gasteiger charge is -2.33. The Morgan fingerprint density at radius 3 is 2.79 bits per heavy atom.